The number of nitrogens with one attached hydrogen (secondary N) is 1. The number of imide groups is 1. The highest BCUT2D eigenvalue weighted by atomic mass is 32.2. The number of primary amides is 1. The van der Waals surface area contributed by atoms with Crippen molar-refractivity contribution in [1.29, 1.82) is 0 Å². The Labute approximate surface area is 107 Å². The number of sulfone groups is 1. The van der Waals surface area contributed by atoms with E-state index in [0.717, 1.165) is 6.07 Å². The molecule has 0 aliphatic heterocycles. The van der Waals surface area contributed by atoms with Crippen molar-refractivity contribution in [2.45, 2.75) is 11.3 Å². The van der Waals surface area contributed by atoms with E-state index in [4.69, 9.17) is 0 Å². The van der Waals surface area contributed by atoms with E-state index in [1.807, 2.05) is 0 Å². The fraction of sp³-hybridized carbons (Fsp3) is 0.200. The molecule has 104 valence electrons. The molecule has 6 nitrogen and oxygen atoms in total. The number of amides is 3. The van der Waals surface area contributed by atoms with Crippen LogP contribution in [0.4, 0.5) is 13.6 Å². The average molecular weight is 292 g/mol. The second-order valence-electron chi connectivity index (χ2n) is 3.56. The van der Waals surface area contributed by atoms with Crippen molar-refractivity contribution in [2.24, 2.45) is 5.73 Å². The van der Waals surface area contributed by atoms with Gasteiger partial charge in [-0.1, -0.05) is 0 Å². The Kier molecular flexibility index (Phi) is 4.54. The Morgan fingerprint density at radius 2 is 1.84 bits per heavy atom. The van der Waals surface area contributed by atoms with Gasteiger partial charge in [0.1, 0.15) is 0 Å². The summed E-state index contributed by atoms with van der Waals surface area (Å²) in [5.74, 6) is -4.01. The monoisotopic (exact) mass is 292 g/mol. The van der Waals surface area contributed by atoms with E-state index in [2.05, 4.69) is 5.73 Å². The molecule has 3 N–H and O–H groups in total. The van der Waals surface area contributed by atoms with E-state index in [0.29, 0.717) is 12.1 Å². The molecule has 0 spiro atoms. The lowest BCUT2D eigenvalue weighted by Crippen LogP contribution is -2.35. The molecular formula is C10H10F2N2O4S. The van der Waals surface area contributed by atoms with Gasteiger partial charge in [0.25, 0.3) is 0 Å². The summed E-state index contributed by atoms with van der Waals surface area (Å²) >= 11 is 0. The highest BCUT2D eigenvalue weighted by Crippen LogP contribution is 2.15. The number of rotatable bonds is 4. The number of carbonyl (C=O) groups is 2. The topological polar surface area (TPSA) is 106 Å². The van der Waals surface area contributed by atoms with Crippen molar-refractivity contribution < 1.29 is 26.8 Å². The number of halogens is 2. The predicted octanol–water partition coefficient (Wildman–Crippen LogP) is 0.323. The van der Waals surface area contributed by atoms with Crippen LogP contribution >= 0.6 is 0 Å². The molecule has 0 bridgehead atoms. The molecule has 0 saturated carbocycles. The molecule has 0 radical (unpaired) electrons. The first-order chi connectivity index (χ1) is 8.72. The van der Waals surface area contributed by atoms with Crippen LogP contribution in [-0.2, 0) is 14.6 Å². The maximum Gasteiger partial charge on any atom is 0.318 e. The second kappa shape index (κ2) is 5.74. The molecule has 0 aromatic heterocycles. The molecule has 1 aromatic carbocycles. The van der Waals surface area contributed by atoms with Gasteiger partial charge >= 0.3 is 6.03 Å². The van der Waals surface area contributed by atoms with Gasteiger partial charge in [-0.25, -0.2) is 22.0 Å². The van der Waals surface area contributed by atoms with Crippen LogP contribution in [0, 0.1) is 11.6 Å². The maximum absolute atomic E-state index is 12.9. The lowest BCUT2D eigenvalue weighted by atomic mass is 10.3. The lowest BCUT2D eigenvalue weighted by Gasteiger charge is -2.04. The van der Waals surface area contributed by atoms with Crippen molar-refractivity contribution in [3.63, 3.8) is 0 Å². The molecule has 0 atom stereocenters. The molecule has 3 amide bonds. The number of urea groups is 1. The van der Waals surface area contributed by atoms with Crippen LogP contribution in [0.1, 0.15) is 6.42 Å². The summed E-state index contributed by atoms with van der Waals surface area (Å²) in [5, 5.41) is 1.69. The normalized spacial score (nSPS) is 11.1. The zero-order chi connectivity index (χ0) is 14.6. The molecule has 0 aliphatic carbocycles. The highest BCUT2D eigenvalue weighted by Gasteiger charge is 2.18. The molecule has 19 heavy (non-hydrogen) atoms. The van der Waals surface area contributed by atoms with Crippen molar-refractivity contribution in [2.75, 3.05) is 5.75 Å². The molecule has 0 unspecified atom stereocenters. The van der Waals surface area contributed by atoms with Gasteiger partial charge < -0.3 is 5.73 Å². The zero-order valence-corrected chi connectivity index (χ0v) is 10.3. The van der Waals surface area contributed by atoms with E-state index in [9.17, 15) is 26.8 Å². The molecule has 0 heterocycles. The molecule has 0 fully saturated rings. The minimum Gasteiger partial charge on any atom is -0.351 e. The maximum atomic E-state index is 12.9. The van der Waals surface area contributed by atoms with Crippen molar-refractivity contribution in [3.8, 4) is 0 Å². The van der Waals surface area contributed by atoms with E-state index >= 15 is 0 Å². The number of benzene rings is 1. The van der Waals surface area contributed by atoms with Crippen LogP contribution in [0.3, 0.4) is 0 Å². The van der Waals surface area contributed by atoms with E-state index < -0.39 is 50.5 Å². The Hall–Kier alpha value is -2.03. The Bertz CT molecular complexity index is 616. The quantitative estimate of drug-likeness (QED) is 0.779. The third-order valence-corrected chi connectivity index (χ3v) is 3.82. The molecule has 1 aromatic rings. The fourth-order valence-electron chi connectivity index (χ4n) is 1.22. The first-order valence-electron chi connectivity index (χ1n) is 4.99. The van der Waals surface area contributed by atoms with Gasteiger partial charge in [-0.2, -0.15) is 0 Å². The third kappa shape index (κ3) is 4.28. The van der Waals surface area contributed by atoms with E-state index in [-0.39, 0.29) is 0 Å². The largest absolute Gasteiger partial charge is 0.351 e. The van der Waals surface area contributed by atoms with Crippen LogP contribution < -0.4 is 11.1 Å². The summed E-state index contributed by atoms with van der Waals surface area (Å²) in [5.41, 5.74) is 4.67. The number of hydrogen-bond donors (Lipinski definition) is 2. The van der Waals surface area contributed by atoms with E-state index in [1.54, 1.807) is 5.32 Å². The van der Waals surface area contributed by atoms with Gasteiger partial charge in [0.05, 0.1) is 10.6 Å². The van der Waals surface area contributed by atoms with Crippen LogP contribution in [-0.4, -0.2) is 26.1 Å². The van der Waals surface area contributed by atoms with Gasteiger partial charge in [0.2, 0.25) is 5.91 Å². The van der Waals surface area contributed by atoms with Crippen LogP contribution in [0.5, 0.6) is 0 Å². The van der Waals surface area contributed by atoms with Gasteiger partial charge in [0, 0.05) is 6.42 Å². The Morgan fingerprint density at radius 1 is 1.21 bits per heavy atom. The summed E-state index contributed by atoms with van der Waals surface area (Å²) in [6.07, 6.45) is -0.524. The molecule has 0 aliphatic rings. The predicted molar refractivity (Wildman–Crippen MR) is 60.8 cm³/mol. The summed E-state index contributed by atoms with van der Waals surface area (Å²) in [6.45, 7) is 0. The number of carbonyl (C=O) groups excluding carboxylic acids is 2. The van der Waals surface area contributed by atoms with Crippen LogP contribution in [0.15, 0.2) is 23.1 Å². The fourth-order valence-corrected chi connectivity index (χ4v) is 2.46. The van der Waals surface area contributed by atoms with E-state index in [1.165, 1.54) is 0 Å². The standard InChI is InChI=1S/C10H10F2N2O4S/c11-7-2-1-6(5-8(7)12)19(17,18)4-3-9(15)14-10(13)16/h1-2,5H,3-4H2,(H3,13,14,15,16). The first kappa shape index (κ1) is 15.0. The van der Waals surface area contributed by atoms with Gasteiger partial charge in [-0.15, -0.1) is 0 Å². The lowest BCUT2D eigenvalue weighted by molar-refractivity contribution is -0.119. The molecular weight excluding hydrogens is 282 g/mol. The van der Waals surface area contributed by atoms with Crippen LogP contribution in [0.2, 0.25) is 0 Å². The minimum absolute atomic E-state index is 0.446. The summed E-state index contributed by atoms with van der Waals surface area (Å²) in [6, 6.07) is 0.984. The van der Waals surface area contributed by atoms with Gasteiger partial charge in [-0.3, -0.25) is 10.1 Å². The Balaban J connectivity index is 2.78. The Morgan fingerprint density at radius 3 is 2.37 bits per heavy atom. The SMILES string of the molecule is NC(=O)NC(=O)CCS(=O)(=O)c1ccc(F)c(F)c1. The first-order valence-corrected chi connectivity index (χ1v) is 6.64. The highest BCUT2D eigenvalue weighted by molar-refractivity contribution is 7.91. The van der Waals surface area contributed by atoms with Crippen molar-refractivity contribution >= 4 is 21.8 Å². The zero-order valence-electron chi connectivity index (χ0n) is 9.52. The summed E-state index contributed by atoms with van der Waals surface area (Å²) < 4.78 is 49.0. The summed E-state index contributed by atoms with van der Waals surface area (Å²) in [7, 11) is -3.95. The third-order valence-electron chi connectivity index (χ3n) is 2.11. The number of nitrogens with two attached hydrogens (primary N) is 1. The minimum atomic E-state index is -3.95. The second-order valence-corrected chi connectivity index (χ2v) is 5.67. The average Bonchev–Trinajstić information content (AvgIpc) is 2.29. The van der Waals surface area contributed by atoms with Crippen LogP contribution in [0.25, 0.3) is 0 Å². The molecule has 9 heteroatoms. The molecule has 0 saturated heterocycles. The summed E-state index contributed by atoms with van der Waals surface area (Å²) in [4.78, 5) is 20.9. The van der Waals surface area contributed by atoms with Crippen molar-refractivity contribution in [3.05, 3.63) is 29.8 Å². The molecule has 1 rings (SSSR count). The number of hydrogen-bond acceptors (Lipinski definition) is 4. The smallest absolute Gasteiger partial charge is 0.318 e. The van der Waals surface area contributed by atoms with Gasteiger partial charge in [-0.05, 0) is 18.2 Å². The van der Waals surface area contributed by atoms with Gasteiger partial charge in [0.15, 0.2) is 21.5 Å². The van der Waals surface area contributed by atoms with Crippen molar-refractivity contribution in [1.82, 2.24) is 5.32 Å².